The van der Waals surface area contributed by atoms with E-state index in [1.54, 1.807) is 6.07 Å². The highest BCUT2D eigenvalue weighted by Gasteiger charge is 2.30. The van der Waals surface area contributed by atoms with Crippen molar-refractivity contribution in [3.05, 3.63) is 65.5 Å². The van der Waals surface area contributed by atoms with Gasteiger partial charge >= 0.3 is 0 Å². The summed E-state index contributed by atoms with van der Waals surface area (Å²) in [6.07, 6.45) is 2.24. The van der Waals surface area contributed by atoms with Crippen molar-refractivity contribution in [2.75, 3.05) is 13.1 Å². The largest absolute Gasteiger partial charge is 0.346 e. The van der Waals surface area contributed by atoms with Gasteiger partial charge in [-0.25, -0.2) is 4.98 Å². The summed E-state index contributed by atoms with van der Waals surface area (Å²) in [4.78, 5) is 30.5. The zero-order chi connectivity index (χ0) is 17.6. The number of nitrogens with zero attached hydrogens (tertiary/aromatic N) is 2. The van der Waals surface area contributed by atoms with Crippen molar-refractivity contribution in [2.45, 2.75) is 32.2 Å². The molecule has 25 heavy (non-hydrogen) atoms. The minimum absolute atomic E-state index is 0.107. The van der Waals surface area contributed by atoms with E-state index < -0.39 is 0 Å². The fourth-order valence-electron chi connectivity index (χ4n) is 3.13. The first-order chi connectivity index (χ1) is 12.1. The van der Waals surface area contributed by atoms with E-state index >= 15 is 0 Å². The Bertz CT molecular complexity index is 746. The van der Waals surface area contributed by atoms with Crippen LogP contribution in [0.5, 0.6) is 0 Å². The number of carbonyl (C=O) groups is 2. The van der Waals surface area contributed by atoms with E-state index in [2.05, 4.69) is 22.4 Å². The lowest BCUT2D eigenvalue weighted by atomic mass is 10.1. The van der Waals surface area contributed by atoms with Crippen LogP contribution < -0.4 is 5.32 Å². The molecule has 1 N–H and O–H groups in total. The van der Waals surface area contributed by atoms with Crippen molar-refractivity contribution in [3.8, 4) is 0 Å². The number of carbonyl (C=O) groups excluding carboxylic acids is 2. The third-order valence-electron chi connectivity index (χ3n) is 4.41. The number of benzene rings is 1. The van der Waals surface area contributed by atoms with E-state index in [0.717, 1.165) is 25.1 Å². The molecule has 2 aromatic rings. The van der Waals surface area contributed by atoms with Crippen LogP contribution >= 0.6 is 0 Å². The number of rotatable bonds is 6. The lowest BCUT2D eigenvalue weighted by Gasteiger charge is -2.17. The summed E-state index contributed by atoms with van der Waals surface area (Å²) in [5.41, 5.74) is 2.48. The fourth-order valence-corrected chi connectivity index (χ4v) is 3.13. The number of nitrogens with one attached hydrogen (secondary N) is 1. The van der Waals surface area contributed by atoms with Gasteiger partial charge in [-0.3, -0.25) is 9.59 Å². The van der Waals surface area contributed by atoms with Crippen molar-refractivity contribution in [2.24, 2.45) is 0 Å². The van der Waals surface area contributed by atoms with E-state index in [4.69, 9.17) is 0 Å². The second kappa shape index (κ2) is 7.92. The monoisotopic (exact) mass is 337 g/mol. The first kappa shape index (κ1) is 17.1. The average molecular weight is 337 g/mol. The molecule has 5 nitrogen and oxygen atoms in total. The Hall–Kier alpha value is -2.69. The molecule has 0 aliphatic carbocycles. The Morgan fingerprint density at radius 1 is 1.20 bits per heavy atom. The molecular formula is C20H23N3O2. The molecule has 1 aromatic carbocycles. The second-order valence-corrected chi connectivity index (χ2v) is 6.47. The summed E-state index contributed by atoms with van der Waals surface area (Å²) in [5.74, 6) is -0.108. The van der Waals surface area contributed by atoms with Crippen LogP contribution in [-0.4, -0.2) is 40.8 Å². The molecule has 1 aromatic heterocycles. The van der Waals surface area contributed by atoms with Crippen LogP contribution in [0.4, 0.5) is 0 Å². The quantitative estimate of drug-likeness (QED) is 0.880. The van der Waals surface area contributed by atoms with Crippen LogP contribution in [0.2, 0.25) is 0 Å². The molecule has 0 saturated carbocycles. The predicted molar refractivity (Wildman–Crippen MR) is 96.2 cm³/mol. The van der Waals surface area contributed by atoms with Gasteiger partial charge in [0.25, 0.3) is 5.91 Å². The summed E-state index contributed by atoms with van der Waals surface area (Å²) in [6, 6.07) is 15.5. The molecule has 1 saturated heterocycles. The van der Waals surface area contributed by atoms with Gasteiger partial charge in [-0.05, 0) is 37.5 Å². The molecule has 1 aliphatic heterocycles. The smallest absolute Gasteiger partial charge is 0.270 e. The summed E-state index contributed by atoms with van der Waals surface area (Å²) in [5, 5.41) is 2.93. The molecule has 0 spiro atoms. The van der Waals surface area contributed by atoms with Crippen LogP contribution in [0.15, 0.2) is 48.5 Å². The molecule has 1 fully saturated rings. The maximum atomic E-state index is 12.3. The molecule has 0 unspecified atom stereocenters. The zero-order valence-corrected chi connectivity index (χ0v) is 14.4. The summed E-state index contributed by atoms with van der Waals surface area (Å²) in [6.45, 7) is 3.15. The van der Waals surface area contributed by atoms with Crippen molar-refractivity contribution in [1.82, 2.24) is 15.2 Å². The third-order valence-corrected chi connectivity index (χ3v) is 4.41. The van der Waals surface area contributed by atoms with E-state index in [0.29, 0.717) is 18.7 Å². The third kappa shape index (κ3) is 4.66. The molecule has 2 amide bonds. The van der Waals surface area contributed by atoms with Crippen LogP contribution in [0.1, 0.15) is 34.6 Å². The van der Waals surface area contributed by atoms with Gasteiger partial charge in [0.2, 0.25) is 5.91 Å². The molecule has 1 atom stereocenters. The number of aromatic nitrogens is 1. The maximum Gasteiger partial charge on any atom is 0.270 e. The number of aryl methyl sites for hydroxylation is 2. The Balaban J connectivity index is 1.48. The molecule has 2 heterocycles. The number of pyridine rings is 1. The van der Waals surface area contributed by atoms with Gasteiger partial charge in [0.15, 0.2) is 0 Å². The van der Waals surface area contributed by atoms with Crippen LogP contribution in [0.3, 0.4) is 0 Å². The Morgan fingerprint density at radius 3 is 2.76 bits per heavy atom. The van der Waals surface area contributed by atoms with Crippen molar-refractivity contribution < 1.29 is 9.59 Å². The first-order valence-corrected chi connectivity index (χ1v) is 8.68. The van der Waals surface area contributed by atoms with Crippen molar-refractivity contribution in [1.29, 1.82) is 0 Å². The summed E-state index contributed by atoms with van der Waals surface area (Å²) < 4.78 is 0. The summed E-state index contributed by atoms with van der Waals surface area (Å²) in [7, 11) is 0. The SMILES string of the molecule is Cc1cccc(C(=O)N[C@@H]2CC(=O)N(CCCc3ccccc3)C2)n1. The maximum absolute atomic E-state index is 12.3. The van der Waals surface area contributed by atoms with Gasteiger partial charge in [0.1, 0.15) is 5.69 Å². The number of amides is 2. The topological polar surface area (TPSA) is 62.3 Å². The van der Waals surface area contributed by atoms with Gasteiger partial charge in [0.05, 0.1) is 6.04 Å². The molecule has 5 heteroatoms. The molecule has 3 rings (SSSR count). The van der Waals surface area contributed by atoms with Gasteiger partial charge in [-0.1, -0.05) is 36.4 Å². The highest BCUT2D eigenvalue weighted by molar-refractivity contribution is 5.93. The second-order valence-electron chi connectivity index (χ2n) is 6.47. The van der Waals surface area contributed by atoms with Gasteiger partial charge < -0.3 is 10.2 Å². The van der Waals surface area contributed by atoms with E-state index in [9.17, 15) is 9.59 Å². The molecule has 0 bridgehead atoms. The minimum atomic E-state index is -0.215. The molecule has 1 aliphatic rings. The van der Waals surface area contributed by atoms with E-state index in [1.807, 2.05) is 42.2 Å². The van der Waals surface area contributed by atoms with Gasteiger partial charge in [0, 0.05) is 25.2 Å². The van der Waals surface area contributed by atoms with Crippen LogP contribution in [-0.2, 0) is 11.2 Å². The predicted octanol–water partition coefficient (Wildman–Crippen LogP) is 2.35. The first-order valence-electron chi connectivity index (χ1n) is 8.68. The lowest BCUT2D eigenvalue weighted by Crippen LogP contribution is -2.37. The highest BCUT2D eigenvalue weighted by atomic mass is 16.2. The van der Waals surface area contributed by atoms with Gasteiger partial charge in [-0.2, -0.15) is 0 Å². The number of hydrogen-bond acceptors (Lipinski definition) is 3. The fraction of sp³-hybridized carbons (Fsp3) is 0.350. The Morgan fingerprint density at radius 2 is 2.00 bits per heavy atom. The normalized spacial score (nSPS) is 16.9. The Labute approximate surface area is 148 Å². The number of likely N-dealkylation sites (tertiary alicyclic amines) is 1. The van der Waals surface area contributed by atoms with Gasteiger partial charge in [-0.15, -0.1) is 0 Å². The standard InChI is InChI=1S/C20H23N3O2/c1-15-7-5-11-18(21-15)20(25)22-17-13-19(24)23(14-17)12-6-10-16-8-3-2-4-9-16/h2-5,7-9,11,17H,6,10,12-14H2,1H3,(H,22,25)/t17-/m1/s1. The van der Waals surface area contributed by atoms with E-state index in [-0.39, 0.29) is 17.9 Å². The minimum Gasteiger partial charge on any atom is -0.346 e. The zero-order valence-electron chi connectivity index (χ0n) is 14.4. The van der Waals surface area contributed by atoms with Crippen molar-refractivity contribution in [3.63, 3.8) is 0 Å². The number of hydrogen-bond donors (Lipinski definition) is 1. The summed E-state index contributed by atoms with van der Waals surface area (Å²) >= 11 is 0. The highest BCUT2D eigenvalue weighted by Crippen LogP contribution is 2.13. The van der Waals surface area contributed by atoms with E-state index in [1.165, 1.54) is 5.56 Å². The molecule has 130 valence electrons. The lowest BCUT2D eigenvalue weighted by molar-refractivity contribution is -0.127. The van der Waals surface area contributed by atoms with Crippen molar-refractivity contribution >= 4 is 11.8 Å². The van der Waals surface area contributed by atoms with Crippen LogP contribution in [0.25, 0.3) is 0 Å². The average Bonchev–Trinajstić information content (AvgIpc) is 2.95. The van der Waals surface area contributed by atoms with Crippen LogP contribution in [0, 0.1) is 6.92 Å². The molecular weight excluding hydrogens is 314 g/mol. The Kier molecular flexibility index (Phi) is 5.43. The molecule has 0 radical (unpaired) electrons.